The molecule has 0 bridgehead atoms. The fourth-order valence-electron chi connectivity index (χ4n) is 2.70. The van der Waals surface area contributed by atoms with Gasteiger partial charge in [-0.3, -0.25) is 9.59 Å². The molecule has 0 radical (unpaired) electrons. The Balaban J connectivity index is 1.94. The molecule has 2 aromatic carbocycles. The predicted molar refractivity (Wildman–Crippen MR) is 107 cm³/mol. The second-order valence-electron chi connectivity index (χ2n) is 6.55. The molecule has 144 valence electrons. The molecule has 0 fully saturated rings. The van der Waals surface area contributed by atoms with Crippen LogP contribution < -0.4 is 15.4 Å². The molecule has 0 spiro atoms. The van der Waals surface area contributed by atoms with Crippen molar-refractivity contribution < 1.29 is 14.3 Å². The van der Waals surface area contributed by atoms with Gasteiger partial charge in [0.15, 0.2) is 0 Å². The SMILES string of the molecule is COc1ccccc1CCNC(=O)C(NC(=O)c1ccc(Cl)cc1)C(C)C. The van der Waals surface area contributed by atoms with Gasteiger partial charge >= 0.3 is 0 Å². The van der Waals surface area contributed by atoms with Gasteiger partial charge in [-0.15, -0.1) is 0 Å². The van der Waals surface area contributed by atoms with Gasteiger partial charge in [0.25, 0.3) is 5.91 Å². The van der Waals surface area contributed by atoms with Crippen molar-refractivity contribution >= 4 is 23.4 Å². The summed E-state index contributed by atoms with van der Waals surface area (Å²) in [5, 5.41) is 6.26. The summed E-state index contributed by atoms with van der Waals surface area (Å²) in [6.07, 6.45) is 0.645. The van der Waals surface area contributed by atoms with Gasteiger partial charge in [0, 0.05) is 17.1 Å². The molecule has 0 aliphatic carbocycles. The van der Waals surface area contributed by atoms with Crippen molar-refractivity contribution in [3.8, 4) is 5.75 Å². The van der Waals surface area contributed by atoms with Gasteiger partial charge in [-0.25, -0.2) is 0 Å². The maximum absolute atomic E-state index is 12.6. The molecule has 0 aromatic heterocycles. The third-order valence-corrected chi connectivity index (χ3v) is 4.48. The molecule has 2 rings (SSSR count). The smallest absolute Gasteiger partial charge is 0.251 e. The summed E-state index contributed by atoms with van der Waals surface area (Å²) in [6, 6.07) is 13.6. The van der Waals surface area contributed by atoms with Crippen LogP contribution in [0.5, 0.6) is 5.75 Å². The molecule has 1 atom stereocenters. The Hall–Kier alpha value is -2.53. The van der Waals surface area contributed by atoms with Crippen LogP contribution in [-0.4, -0.2) is 31.5 Å². The molecular weight excluding hydrogens is 364 g/mol. The summed E-state index contributed by atoms with van der Waals surface area (Å²) in [7, 11) is 1.62. The maximum atomic E-state index is 12.6. The first-order valence-electron chi connectivity index (χ1n) is 8.88. The van der Waals surface area contributed by atoms with E-state index >= 15 is 0 Å². The first-order chi connectivity index (χ1) is 12.9. The monoisotopic (exact) mass is 388 g/mol. The number of hydrogen-bond acceptors (Lipinski definition) is 3. The van der Waals surface area contributed by atoms with Crippen LogP contribution in [0, 0.1) is 5.92 Å². The molecule has 0 saturated heterocycles. The third-order valence-electron chi connectivity index (χ3n) is 4.23. The lowest BCUT2D eigenvalue weighted by molar-refractivity contribution is -0.123. The van der Waals surface area contributed by atoms with E-state index in [4.69, 9.17) is 16.3 Å². The normalized spacial score (nSPS) is 11.7. The van der Waals surface area contributed by atoms with Gasteiger partial charge in [0.1, 0.15) is 11.8 Å². The van der Waals surface area contributed by atoms with Gasteiger partial charge in [-0.1, -0.05) is 43.6 Å². The molecule has 2 aromatic rings. The Bertz CT molecular complexity index is 775. The Morgan fingerprint density at radius 2 is 1.74 bits per heavy atom. The van der Waals surface area contributed by atoms with E-state index in [1.165, 1.54) is 0 Å². The lowest BCUT2D eigenvalue weighted by atomic mass is 10.0. The Morgan fingerprint density at radius 1 is 1.07 bits per heavy atom. The summed E-state index contributed by atoms with van der Waals surface area (Å²) in [6.45, 7) is 4.25. The summed E-state index contributed by atoms with van der Waals surface area (Å²) >= 11 is 5.85. The van der Waals surface area contributed by atoms with E-state index in [2.05, 4.69) is 10.6 Å². The molecule has 2 N–H and O–H groups in total. The zero-order valence-electron chi connectivity index (χ0n) is 15.8. The minimum atomic E-state index is -0.620. The molecule has 6 heteroatoms. The molecule has 0 heterocycles. The Kier molecular flexibility index (Phi) is 7.67. The van der Waals surface area contributed by atoms with Crippen LogP contribution >= 0.6 is 11.6 Å². The number of methoxy groups -OCH3 is 1. The van der Waals surface area contributed by atoms with Crippen molar-refractivity contribution in [1.82, 2.24) is 10.6 Å². The zero-order chi connectivity index (χ0) is 19.8. The Morgan fingerprint density at radius 3 is 2.37 bits per heavy atom. The van der Waals surface area contributed by atoms with Crippen LogP contribution in [0.2, 0.25) is 5.02 Å². The van der Waals surface area contributed by atoms with E-state index in [-0.39, 0.29) is 17.7 Å². The van der Waals surface area contributed by atoms with Gasteiger partial charge in [0.2, 0.25) is 5.91 Å². The summed E-state index contributed by atoms with van der Waals surface area (Å²) in [4.78, 5) is 25.0. The van der Waals surface area contributed by atoms with Crippen molar-refractivity contribution in [2.75, 3.05) is 13.7 Å². The standard InChI is InChI=1S/C21H25ClN2O3/c1-14(2)19(24-20(25)16-8-10-17(22)11-9-16)21(26)23-13-12-15-6-4-5-7-18(15)27-3/h4-11,14,19H,12-13H2,1-3H3,(H,23,26)(H,24,25). The number of amides is 2. The van der Waals surface area contributed by atoms with Crippen molar-refractivity contribution in [2.45, 2.75) is 26.3 Å². The van der Waals surface area contributed by atoms with E-state index in [9.17, 15) is 9.59 Å². The number of nitrogens with one attached hydrogen (secondary N) is 2. The number of halogens is 1. The van der Waals surface area contributed by atoms with E-state index in [0.29, 0.717) is 23.6 Å². The second-order valence-corrected chi connectivity index (χ2v) is 6.99. The van der Waals surface area contributed by atoms with Crippen LogP contribution in [0.25, 0.3) is 0 Å². The molecule has 27 heavy (non-hydrogen) atoms. The minimum Gasteiger partial charge on any atom is -0.496 e. The molecule has 0 aliphatic heterocycles. The quantitative estimate of drug-likeness (QED) is 0.727. The number of rotatable bonds is 8. The number of benzene rings is 2. The van der Waals surface area contributed by atoms with Gasteiger partial charge < -0.3 is 15.4 Å². The average Bonchev–Trinajstić information content (AvgIpc) is 2.66. The highest BCUT2D eigenvalue weighted by molar-refractivity contribution is 6.30. The largest absolute Gasteiger partial charge is 0.496 e. The minimum absolute atomic E-state index is 0.0486. The number of carbonyl (C=O) groups is 2. The van der Waals surface area contributed by atoms with Crippen molar-refractivity contribution in [3.63, 3.8) is 0 Å². The van der Waals surface area contributed by atoms with Gasteiger partial charge in [-0.2, -0.15) is 0 Å². The van der Waals surface area contributed by atoms with Crippen LogP contribution in [-0.2, 0) is 11.2 Å². The van der Waals surface area contributed by atoms with Gasteiger partial charge in [0.05, 0.1) is 7.11 Å². The predicted octanol–water partition coefficient (Wildman–Crippen LogP) is 3.46. The fraction of sp³-hybridized carbons (Fsp3) is 0.333. The van der Waals surface area contributed by atoms with Gasteiger partial charge in [-0.05, 0) is 48.2 Å². The zero-order valence-corrected chi connectivity index (χ0v) is 16.5. The van der Waals surface area contributed by atoms with Crippen LogP contribution in [0.4, 0.5) is 0 Å². The van der Waals surface area contributed by atoms with E-state index < -0.39 is 6.04 Å². The first kappa shape index (κ1) is 20.8. The highest BCUT2D eigenvalue weighted by atomic mass is 35.5. The fourth-order valence-corrected chi connectivity index (χ4v) is 2.83. The van der Waals surface area contributed by atoms with Crippen LogP contribution in [0.1, 0.15) is 29.8 Å². The molecular formula is C21H25ClN2O3. The first-order valence-corrected chi connectivity index (χ1v) is 9.26. The van der Waals surface area contributed by atoms with Crippen LogP contribution in [0.15, 0.2) is 48.5 Å². The van der Waals surface area contributed by atoms with Crippen molar-refractivity contribution in [1.29, 1.82) is 0 Å². The lowest BCUT2D eigenvalue weighted by Crippen LogP contribution is -2.50. The molecule has 1 unspecified atom stereocenters. The summed E-state index contributed by atoms with van der Waals surface area (Å²) < 4.78 is 5.32. The highest BCUT2D eigenvalue weighted by Gasteiger charge is 2.24. The second kappa shape index (κ2) is 9.97. The highest BCUT2D eigenvalue weighted by Crippen LogP contribution is 2.17. The lowest BCUT2D eigenvalue weighted by Gasteiger charge is -2.22. The maximum Gasteiger partial charge on any atom is 0.251 e. The van der Waals surface area contributed by atoms with Crippen molar-refractivity contribution in [3.05, 3.63) is 64.7 Å². The average molecular weight is 389 g/mol. The summed E-state index contributed by atoms with van der Waals surface area (Å²) in [5.74, 6) is 0.239. The third kappa shape index (κ3) is 6.00. The van der Waals surface area contributed by atoms with Crippen LogP contribution in [0.3, 0.4) is 0 Å². The topological polar surface area (TPSA) is 67.4 Å². The van der Waals surface area contributed by atoms with E-state index in [1.807, 2.05) is 38.1 Å². The van der Waals surface area contributed by atoms with E-state index in [0.717, 1.165) is 11.3 Å². The number of hydrogen-bond donors (Lipinski definition) is 2. The molecule has 5 nitrogen and oxygen atoms in total. The van der Waals surface area contributed by atoms with Crippen molar-refractivity contribution in [2.24, 2.45) is 5.92 Å². The molecule has 0 saturated carbocycles. The summed E-state index contributed by atoms with van der Waals surface area (Å²) in [5.41, 5.74) is 1.48. The van der Waals surface area contributed by atoms with E-state index in [1.54, 1.807) is 31.4 Å². The number of para-hydroxylation sites is 1. The molecule has 0 aliphatic rings. The number of carbonyl (C=O) groups excluding carboxylic acids is 2. The Labute approximate surface area is 165 Å². The molecule has 2 amide bonds. The number of ether oxygens (including phenoxy) is 1.